The topological polar surface area (TPSA) is 97.2 Å². The van der Waals surface area contributed by atoms with Gasteiger partial charge in [0, 0.05) is 19.5 Å². The predicted octanol–water partition coefficient (Wildman–Crippen LogP) is 3.79. The monoisotopic (exact) mass is 489 g/mol. The maximum Gasteiger partial charge on any atom is 0.264 e. The first-order chi connectivity index (χ1) is 16.8. The second-order valence-corrected chi connectivity index (χ2v) is 10.1. The van der Waals surface area contributed by atoms with Gasteiger partial charge in [0.05, 0.1) is 16.3 Å². The zero-order chi connectivity index (χ0) is 24.8. The Labute approximate surface area is 205 Å². The fraction of sp³-hybridized carbons (Fsp3) is 0.192. The van der Waals surface area contributed by atoms with Gasteiger partial charge in [-0.25, -0.2) is 18.1 Å². The molecule has 0 fully saturated rings. The minimum absolute atomic E-state index is 0.0238. The molecular formula is C26H27N5O3S. The molecule has 180 valence electrons. The van der Waals surface area contributed by atoms with Crippen molar-refractivity contribution in [3.05, 3.63) is 102 Å². The fourth-order valence-electron chi connectivity index (χ4n) is 3.54. The molecule has 4 aromatic rings. The fourth-order valence-corrected chi connectivity index (χ4v) is 5.00. The third-order valence-electron chi connectivity index (χ3n) is 5.58. The number of benzene rings is 3. The van der Waals surface area contributed by atoms with Crippen molar-refractivity contribution in [2.75, 3.05) is 10.8 Å². The number of carbonyl (C=O) groups is 1. The van der Waals surface area contributed by atoms with Crippen LogP contribution in [0.5, 0.6) is 0 Å². The molecule has 0 spiro atoms. The van der Waals surface area contributed by atoms with Crippen LogP contribution in [0.15, 0.2) is 90.3 Å². The number of anilines is 1. The maximum atomic E-state index is 13.4. The van der Waals surface area contributed by atoms with Crippen molar-refractivity contribution in [1.82, 2.24) is 20.1 Å². The summed E-state index contributed by atoms with van der Waals surface area (Å²) in [7, 11) is -3.83. The Kier molecular flexibility index (Phi) is 7.26. The van der Waals surface area contributed by atoms with E-state index in [1.54, 1.807) is 47.4 Å². The number of hydrogen-bond acceptors (Lipinski definition) is 5. The summed E-state index contributed by atoms with van der Waals surface area (Å²) in [5.74, 6) is -0.235. The molecule has 0 bridgehead atoms. The molecule has 0 aliphatic heterocycles. The van der Waals surface area contributed by atoms with Crippen LogP contribution in [0.25, 0.3) is 5.69 Å². The van der Waals surface area contributed by atoms with Gasteiger partial charge in [-0.3, -0.25) is 9.10 Å². The van der Waals surface area contributed by atoms with Gasteiger partial charge in [0.1, 0.15) is 12.7 Å². The summed E-state index contributed by atoms with van der Waals surface area (Å²) in [6.07, 6.45) is 3.10. The Balaban J connectivity index is 1.43. The highest BCUT2D eigenvalue weighted by Crippen LogP contribution is 2.24. The second-order valence-electron chi connectivity index (χ2n) is 8.26. The average molecular weight is 490 g/mol. The van der Waals surface area contributed by atoms with Gasteiger partial charge in [-0.05, 0) is 55.8 Å². The molecule has 35 heavy (non-hydrogen) atoms. The number of carbonyl (C=O) groups excluding carboxylic acids is 1. The smallest absolute Gasteiger partial charge is 0.264 e. The molecule has 3 aromatic carbocycles. The van der Waals surface area contributed by atoms with Crippen molar-refractivity contribution in [3.63, 3.8) is 0 Å². The number of amides is 1. The first-order valence-corrected chi connectivity index (χ1v) is 12.6. The lowest BCUT2D eigenvalue weighted by molar-refractivity contribution is -0.121. The number of aryl methyl sites for hydroxylation is 2. The number of nitrogens with one attached hydrogen (secondary N) is 1. The molecule has 0 radical (unpaired) electrons. The Morgan fingerprint density at radius 2 is 1.54 bits per heavy atom. The number of hydrogen-bond donors (Lipinski definition) is 1. The van der Waals surface area contributed by atoms with Crippen LogP contribution in [0.4, 0.5) is 5.69 Å². The van der Waals surface area contributed by atoms with E-state index in [0.29, 0.717) is 12.2 Å². The molecule has 4 rings (SSSR count). The lowest BCUT2D eigenvalue weighted by Gasteiger charge is -2.24. The first-order valence-electron chi connectivity index (χ1n) is 11.2. The molecule has 0 saturated heterocycles. The van der Waals surface area contributed by atoms with Gasteiger partial charge in [0.2, 0.25) is 5.91 Å². The van der Waals surface area contributed by atoms with Gasteiger partial charge in [-0.2, -0.15) is 5.10 Å². The highest BCUT2D eigenvalue weighted by molar-refractivity contribution is 7.92. The molecule has 9 heteroatoms. The van der Waals surface area contributed by atoms with E-state index in [4.69, 9.17) is 0 Å². The lowest BCUT2D eigenvalue weighted by atomic mass is 10.2. The Hall–Kier alpha value is -3.98. The molecule has 0 aliphatic carbocycles. The van der Waals surface area contributed by atoms with E-state index >= 15 is 0 Å². The van der Waals surface area contributed by atoms with Crippen molar-refractivity contribution >= 4 is 21.6 Å². The normalized spacial score (nSPS) is 11.3. The van der Waals surface area contributed by atoms with E-state index < -0.39 is 10.0 Å². The SMILES string of the molecule is Cc1ccc(N(CCC(=O)NCc2ccc(-n3cncn3)cc2)S(=O)(=O)c2ccc(C)cc2)cc1. The Bertz CT molecular complexity index is 1370. The van der Waals surface area contributed by atoms with E-state index in [9.17, 15) is 13.2 Å². The number of sulfonamides is 1. The third-order valence-corrected chi connectivity index (χ3v) is 7.42. The summed E-state index contributed by atoms with van der Waals surface area (Å²) in [6, 6.07) is 21.5. The van der Waals surface area contributed by atoms with Gasteiger partial charge in [-0.1, -0.05) is 47.5 Å². The van der Waals surface area contributed by atoms with Gasteiger partial charge in [-0.15, -0.1) is 0 Å². The van der Waals surface area contributed by atoms with Crippen LogP contribution in [0.1, 0.15) is 23.1 Å². The molecule has 1 aromatic heterocycles. The maximum absolute atomic E-state index is 13.4. The molecule has 1 N–H and O–H groups in total. The average Bonchev–Trinajstić information content (AvgIpc) is 3.39. The number of aromatic nitrogens is 3. The summed E-state index contributed by atoms with van der Waals surface area (Å²) in [6.45, 7) is 4.21. The largest absolute Gasteiger partial charge is 0.352 e. The summed E-state index contributed by atoms with van der Waals surface area (Å²) in [5, 5.41) is 6.96. The quantitative estimate of drug-likeness (QED) is 0.386. The molecule has 1 heterocycles. The van der Waals surface area contributed by atoms with Crippen molar-refractivity contribution in [3.8, 4) is 5.69 Å². The van der Waals surface area contributed by atoms with Crippen molar-refractivity contribution in [2.24, 2.45) is 0 Å². The van der Waals surface area contributed by atoms with Gasteiger partial charge >= 0.3 is 0 Å². The molecule has 0 unspecified atom stereocenters. The summed E-state index contributed by atoms with van der Waals surface area (Å²) < 4.78 is 29.8. The predicted molar refractivity (Wildman–Crippen MR) is 135 cm³/mol. The minimum atomic E-state index is -3.83. The first kappa shape index (κ1) is 24.2. The van der Waals surface area contributed by atoms with E-state index in [0.717, 1.165) is 22.4 Å². The lowest BCUT2D eigenvalue weighted by Crippen LogP contribution is -2.35. The van der Waals surface area contributed by atoms with E-state index in [1.807, 2.05) is 50.2 Å². The van der Waals surface area contributed by atoms with Crippen LogP contribution in [0.2, 0.25) is 0 Å². The Morgan fingerprint density at radius 3 is 2.14 bits per heavy atom. The van der Waals surface area contributed by atoms with Crippen molar-refractivity contribution in [2.45, 2.75) is 31.7 Å². The van der Waals surface area contributed by atoms with Crippen LogP contribution in [0, 0.1) is 13.8 Å². The standard InChI is InChI=1S/C26H27N5O3S/c1-20-3-9-24(10-4-20)31(35(33,34)25-13-5-21(2)6-14-25)16-15-26(32)28-17-22-7-11-23(12-8-22)30-19-27-18-29-30/h3-14,18-19H,15-17H2,1-2H3,(H,28,32). The van der Waals surface area contributed by atoms with Crippen LogP contribution in [-0.4, -0.2) is 35.6 Å². The Morgan fingerprint density at radius 1 is 0.914 bits per heavy atom. The third kappa shape index (κ3) is 5.93. The van der Waals surface area contributed by atoms with Gasteiger partial charge in [0.15, 0.2) is 0 Å². The molecule has 0 aliphatic rings. The van der Waals surface area contributed by atoms with Gasteiger partial charge < -0.3 is 5.32 Å². The highest BCUT2D eigenvalue weighted by Gasteiger charge is 2.25. The van der Waals surface area contributed by atoms with Crippen molar-refractivity contribution in [1.29, 1.82) is 0 Å². The molecule has 0 saturated carbocycles. The highest BCUT2D eigenvalue weighted by atomic mass is 32.2. The van der Waals surface area contributed by atoms with Crippen LogP contribution in [-0.2, 0) is 21.4 Å². The molecular weight excluding hydrogens is 462 g/mol. The summed E-state index contributed by atoms with van der Waals surface area (Å²) in [5.41, 5.74) is 4.30. The number of nitrogens with zero attached hydrogens (tertiary/aromatic N) is 4. The number of rotatable bonds is 9. The van der Waals surface area contributed by atoms with E-state index in [-0.39, 0.29) is 23.8 Å². The molecule has 1 amide bonds. The van der Waals surface area contributed by atoms with Crippen LogP contribution in [0.3, 0.4) is 0 Å². The summed E-state index contributed by atoms with van der Waals surface area (Å²) in [4.78, 5) is 16.7. The zero-order valence-corrected chi connectivity index (χ0v) is 20.4. The molecule has 0 atom stereocenters. The van der Waals surface area contributed by atoms with E-state index in [2.05, 4.69) is 15.4 Å². The molecule has 8 nitrogen and oxygen atoms in total. The van der Waals surface area contributed by atoms with Crippen LogP contribution >= 0.6 is 0 Å². The van der Waals surface area contributed by atoms with Gasteiger partial charge in [0.25, 0.3) is 10.0 Å². The van der Waals surface area contributed by atoms with Crippen LogP contribution < -0.4 is 9.62 Å². The zero-order valence-electron chi connectivity index (χ0n) is 19.6. The second kappa shape index (κ2) is 10.5. The van der Waals surface area contributed by atoms with E-state index in [1.165, 1.54) is 10.6 Å². The summed E-state index contributed by atoms with van der Waals surface area (Å²) >= 11 is 0. The minimum Gasteiger partial charge on any atom is -0.352 e. The van der Waals surface area contributed by atoms with Crippen molar-refractivity contribution < 1.29 is 13.2 Å².